The molecule has 3 heterocycles. The molecule has 0 spiro atoms. The first kappa shape index (κ1) is 13.9. The molecule has 0 bridgehead atoms. The quantitative estimate of drug-likeness (QED) is 0.792. The van der Waals surface area contributed by atoms with Crippen LogP contribution in [0.25, 0.3) is 11.6 Å². The zero-order valence-corrected chi connectivity index (χ0v) is 12.3. The molecule has 7 nitrogen and oxygen atoms in total. The zero-order valence-electron chi connectivity index (χ0n) is 11.5. The van der Waals surface area contributed by atoms with E-state index in [1.54, 1.807) is 23.0 Å². The summed E-state index contributed by atoms with van der Waals surface area (Å²) in [4.78, 5) is 24.8. The van der Waals surface area contributed by atoms with E-state index in [1.807, 2.05) is 7.05 Å². The lowest BCUT2D eigenvalue weighted by molar-refractivity contribution is -0.140. The number of nitrogens with zero attached hydrogens (tertiary/aromatic N) is 4. The highest BCUT2D eigenvalue weighted by Gasteiger charge is 2.26. The molecule has 2 aromatic heterocycles. The van der Waals surface area contributed by atoms with Gasteiger partial charge in [-0.1, -0.05) is 11.8 Å². The van der Waals surface area contributed by atoms with Crippen molar-refractivity contribution in [2.24, 2.45) is 7.05 Å². The molecular weight excluding hydrogens is 292 g/mol. The molecule has 8 heteroatoms. The van der Waals surface area contributed by atoms with E-state index in [9.17, 15) is 9.59 Å². The van der Waals surface area contributed by atoms with Crippen LogP contribution in [-0.2, 0) is 16.6 Å². The first-order valence-electron chi connectivity index (χ1n) is 6.56. The number of carbonyl (C=O) groups excluding carboxylic acids is 2. The minimum Gasteiger partial charge on any atom is -0.461 e. The van der Waals surface area contributed by atoms with Crippen molar-refractivity contribution in [3.05, 3.63) is 18.4 Å². The lowest BCUT2D eigenvalue weighted by atomic mass is 10.4. The van der Waals surface area contributed by atoms with Crippen LogP contribution in [0.1, 0.15) is 12.8 Å². The van der Waals surface area contributed by atoms with Crippen LogP contribution in [0.2, 0.25) is 0 Å². The van der Waals surface area contributed by atoms with Gasteiger partial charge in [-0.05, 0) is 18.6 Å². The third kappa shape index (κ3) is 2.71. The Hall–Kier alpha value is -2.09. The fraction of sp³-hybridized carbons (Fsp3) is 0.385. The molecule has 110 valence electrons. The molecule has 2 aromatic rings. The van der Waals surface area contributed by atoms with E-state index in [4.69, 9.17) is 4.42 Å². The Morgan fingerprint density at radius 1 is 1.48 bits per heavy atom. The number of rotatable bonds is 4. The van der Waals surface area contributed by atoms with E-state index in [0.717, 1.165) is 6.42 Å². The average Bonchev–Trinajstić information content (AvgIpc) is 3.17. The van der Waals surface area contributed by atoms with Gasteiger partial charge in [0.15, 0.2) is 16.7 Å². The van der Waals surface area contributed by atoms with Gasteiger partial charge in [-0.3, -0.25) is 14.5 Å². The largest absolute Gasteiger partial charge is 0.461 e. The summed E-state index contributed by atoms with van der Waals surface area (Å²) >= 11 is 1.27. The Bertz CT molecular complexity index is 665. The highest BCUT2D eigenvalue weighted by atomic mass is 32.2. The highest BCUT2D eigenvalue weighted by molar-refractivity contribution is 7.99. The summed E-state index contributed by atoms with van der Waals surface area (Å²) in [5.74, 6) is 1.14. The summed E-state index contributed by atoms with van der Waals surface area (Å²) in [6, 6.07) is 3.58. The molecule has 0 unspecified atom stereocenters. The lowest BCUT2D eigenvalue weighted by Crippen LogP contribution is -2.33. The first-order valence-corrected chi connectivity index (χ1v) is 7.54. The van der Waals surface area contributed by atoms with Gasteiger partial charge in [0.25, 0.3) is 0 Å². The van der Waals surface area contributed by atoms with Crippen molar-refractivity contribution < 1.29 is 14.0 Å². The van der Waals surface area contributed by atoms with Crippen molar-refractivity contribution in [1.82, 2.24) is 19.7 Å². The molecule has 0 radical (unpaired) electrons. The Kier molecular flexibility index (Phi) is 3.78. The number of imide groups is 1. The van der Waals surface area contributed by atoms with E-state index < -0.39 is 0 Å². The van der Waals surface area contributed by atoms with Crippen molar-refractivity contribution in [3.8, 4) is 11.6 Å². The second-order valence-corrected chi connectivity index (χ2v) is 5.62. The van der Waals surface area contributed by atoms with Gasteiger partial charge < -0.3 is 8.98 Å². The highest BCUT2D eigenvalue weighted by Crippen LogP contribution is 2.23. The Labute approximate surface area is 125 Å². The van der Waals surface area contributed by atoms with Crippen LogP contribution in [0.3, 0.4) is 0 Å². The van der Waals surface area contributed by atoms with Crippen LogP contribution in [0.15, 0.2) is 28.0 Å². The smallest absolute Gasteiger partial charge is 0.239 e. The SMILES string of the molecule is Cn1c(SCC(=O)N2CCCC2=O)nnc1-c1ccco1. The van der Waals surface area contributed by atoms with Crippen molar-refractivity contribution in [1.29, 1.82) is 0 Å². The molecule has 1 fully saturated rings. The van der Waals surface area contributed by atoms with Gasteiger partial charge >= 0.3 is 0 Å². The van der Waals surface area contributed by atoms with E-state index >= 15 is 0 Å². The third-order valence-corrected chi connectivity index (χ3v) is 4.28. The molecule has 0 aromatic carbocycles. The van der Waals surface area contributed by atoms with E-state index in [-0.39, 0.29) is 17.6 Å². The van der Waals surface area contributed by atoms with Gasteiger partial charge in [-0.25, -0.2) is 0 Å². The van der Waals surface area contributed by atoms with Gasteiger partial charge in [0.2, 0.25) is 11.8 Å². The summed E-state index contributed by atoms with van der Waals surface area (Å²) < 4.78 is 7.05. The molecule has 1 aliphatic heterocycles. The van der Waals surface area contributed by atoms with Crippen LogP contribution in [0.5, 0.6) is 0 Å². The number of aromatic nitrogens is 3. The molecule has 1 saturated heterocycles. The zero-order chi connectivity index (χ0) is 14.8. The number of carbonyl (C=O) groups is 2. The fourth-order valence-corrected chi connectivity index (χ4v) is 2.96. The molecule has 21 heavy (non-hydrogen) atoms. The fourth-order valence-electron chi connectivity index (χ4n) is 2.18. The number of amides is 2. The van der Waals surface area contributed by atoms with Crippen molar-refractivity contribution in [2.75, 3.05) is 12.3 Å². The summed E-state index contributed by atoms with van der Waals surface area (Å²) in [6.07, 6.45) is 2.78. The Morgan fingerprint density at radius 2 is 2.33 bits per heavy atom. The standard InChI is InChI=1S/C13H14N4O3S/c1-16-12(9-4-3-7-20-9)14-15-13(16)21-8-11(19)17-6-2-5-10(17)18/h3-4,7H,2,5-6,8H2,1H3. The summed E-state index contributed by atoms with van der Waals surface area (Å²) in [7, 11) is 1.81. The number of furan rings is 1. The second kappa shape index (κ2) is 5.72. The van der Waals surface area contributed by atoms with Gasteiger partial charge in [-0.15, -0.1) is 10.2 Å². The molecule has 0 atom stereocenters. The van der Waals surface area contributed by atoms with Crippen molar-refractivity contribution in [2.45, 2.75) is 18.0 Å². The molecule has 0 aliphatic carbocycles. The summed E-state index contributed by atoms with van der Waals surface area (Å²) in [6.45, 7) is 0.523. The summed E-state index contributed by atoms with van der Waals surface area (Å²) in [5.41, 5.74) is 0. The normalized spacial score (nSPS) is 14.9. The maximum Gasteiger partial charge on any atom is 0.239 e. The second-order valence-electron chi connectivity index (χ2n) is 4.67. The van der Waals surface area contributed by atoms with Gasteiger partial charge in [0.1, 0.15) is 0 Å². The first-order chi connectivity index (χ1) is 10.2. The maximum atomic E-state index is 12.0. The van der Waals surface area contributed by atoms with Crippen molar-refractivity contribution in [3.63, 3.8) is 0 Å². The van der Waals surface area contributed by atoms with Gasteiger partial charge in [-0.2, -0.15) is 0 Å². The van der Waals surface area contributed by atoms with Crippen LogP contribution in [-0.4, -0.2) is 43.8 Å². The van der Waals surface area contributed by atoms with Gasteiger partial charge in [0.05, 0.1) is 12.0 Å². The summed E-state index contributed by atoms with van der Waals surface area (Å²) in [5, 5.41) is 8.72. The topological polar surface area (TPSA) is 81.2 Å². The number of likely N-dealkylation sites (tertiary alicyclic amines) is 1. The number of hydrogen-bond donors (Lipinski definition) is 0. The lowest BCUT2D eigenvalue weighted by Gasteiger charge is -2.12. The van der Waals surface area contributed by atoms with E-state index in [1.165, 1.54) is 16.7 Å². The third-order valence-electron chi connectivity index (χ3n) is 3.28. The van der Waals surface area contributed by atoms with Crippen LogP contribution in [0, 0.1) is 0 Å². The molecular formula is C13H14N4O3S. The van der Waals surface area contributed by atoms with E-state index in [2.05, 4.69) is 10.2 Å². The number of thioether (sulfide) groups is 1. The molecule has 0 N–H and O–H groups in total. The maximum absolute atomic E-state index is 12.0. The Morgan fingerprint density at radius 3 is 3.00 bits per heavy atom. The molecule has 0 saturated carbocycles. The molecule has 1 aliphatic rings. The average molecular weight is 306 g/mol. The van der Waals surface area contributed by atoms with Crippen LogP contribution >= 0.6 is 11.8 Å². The van der Waals surface area contributed by atoms with Gasteiger partial charge in [0, 0.05) is 20.0 Å². The minimum absolute atomic E-state index is 0.0881. The molecule has 2 amide bonds. The molecule has 3 rings (SSSR count). The minimum atomic E-state index is -0.176. The van der Waals surface area contributed by atoms with Crippen LogP contribution in [0.4, 0.5) is 0 Å². The number of hydrogen-bond acceptors (Lipinski definition) is 6. The van der Waals surface area contributed by atoms with Crippen LogP contribution < -0.4 is 0 Å². The monoisotopic (exact) mass is 306 g/mol. The Balaban J connectivity index is 1.66. The van der Waals surface area contributed by atoms with Crippen molar-refractivity contribution >= 4 is 23.6 Å². The van der Waals surface area contributed by atoms with E-state index in [0.29, 0.717) is 29.7 Å². The predicted molar refractivity (Wildman–Crippen MR) is 75.4 cm³/mol. The predicted octanol–water partition coefficient (Wildman–Crippen LogP) is 1.32.